The Labute approximate surface area is 163 Å². The Balaban J connectivity index is 1.90. The molecule has 28 heavy (non-hydrogen) atoms. The molecule has 0 spiro atoms. The lowest BCUT2D eigenvalue weighted by atomic mass is 10.1. The zero-order valence-corrected chi connectivity index (χ0v) is 16.5. The van der Waals surface area contributed by atoms with E-state index in [4.69, 9.17) is 9.47 Å². The van der Waals surface area contributed by atoms with Gasteiger partial charge in [-0.3, -0.25) is 9.59 Å². The van der Waals surface area contributed by atoms with Crippen LogP contribution in [-0.4, -0.2) is 43.0 Å². The van der Waals surface area contributed by atoms with Crippen LogP contribution in [0.4, 0.5) is 0 Å². The Morgan fingerprint density at radius 3 is 2.36 bits per heavy atom. The summed E-state index contributed by atoms with van der Waals surface area (Å²) in [5, 5.41) is 5.28. The van der Waals surface area contributed by atoms with Gasteiger partial charge in [0.2, 0.25) is 5.91 Å². The van der Waals surface area contributed by atoms with Crippen LogP contribution in [0.15, 0.2) is 24.3 Å². The number of carbonyl (C=O) groups excluding carboxylic acids is 3. The summed E-state index contributed by atoms with van der Waals surface area (Å²) in [4.78, 5) is 39.3. The first-order valence-corrected chi connectivity index (χ1v) is 8.91. The highest BCUT2D eigenvalue weighted by molar-refractivity contribution is 6.01. The summed E-state index contributed by atoms with van der Waals surface area (Å²) in [6.07, 6.45) is 0. The number of aryl methyl sites for hydroxylation is 1. The number of carbonyl (C=O) groups is 3. The highest BCUT2D eigenvalue weighted by Gasteiger charge is 2.22. The van der Waals surface area contributed by atoms with E-state index in [1.54, 1.807) is 40.0 Å². The third kappa shape index (κ3) is 5.12. The number of aromatic nitrogens is 1. The molecular formula is C20H25N3O5. The number of aromatic amines is 1. The Morgan fingerprint density at radius 2 is 1.75 bits per heavy atom. The predicted octanol–water partition coefficient (Wildman–Crippen LogP) is 1.86. The Hall–Kier alpha value is -3.29. The number of ether oxygens (including phenoxy) is 2. The molecule has 8 heteroatoms. The molecule has 3 N–H and O–H groups in total. The second-order valence-electron chi connectivity index (χ2n) is 6.15. The molecule has 1 heterocycles. The maximum absolute atomic E-state index is 12.4. The van der Waals surface area contributed by atoms with Crippen LogP contribution in [0.3, 0.4) is 0 Å². The minimum atomic E-state index is -0.481. The monoisotopic (exact) mass is 387 g/mol. The molecule has 0 unspecified atom stereocenters. The van der Waals surface area contributed by atoms with Crippen molar-refractivity contribution in [3.8, 4) is 5.75 Å². The van der Waals surface area contributed by atoms with Gasteiger partial charge in [-0.05, 0) is 44.0 Å². The number of hydrogen-bond donors (Lipinski definition) is 3. The van der Waals surface area contributed by atoms with Gasteiger partial charge in [0.15, 0.2) is 0 Å². The zero-order chi connectivity index (χ0) is 20.7. The van der Waals surface area contributed by atoms with Gasteiger partial charge in [0.25, 0.3) is 5.91 Å². The van der Waals surface area contributed by atoms with E-state index in [0.29, 0.717) is 23.4 Å². The highest BCUT2D eigenvalue weighted by atomic mass is 16.5. The largest absolute Gasteiger partial charge is 0.497 e. The van der Waals surface area contributed by atoms with Gasteiger partial charge in [-0.25, -0.2) is 4.79 Å². The van der Waals surface area contributed by atoms with Crippen LogP contribution >= 0.6 is 0 Å². The average molecular weight is 387 g/mol. The number of hydrogen-bond acceptors (Lipinski definition) is 5. The first-order valence-electron chi connectivity index (χ1n) is 8.91. The van der Waals surface area contributed by atoms with Gasteiger partial charge in [0, 0.05) is 12.2 Å². The molecule has 0 radical (unpaired) electrons. The second-order valence-corrected chi connectivity index (χ2v) is 6.15. The van der Waals surface area contributed by atoms with Crippen molar-refractivity contribution in [1.29, 1.82) is 0 Å². The number of esters is 1. The van der Waals surface area contributed by atoms with Crippen LogP contribution in [-0.2, 0) is 16.1 Å². The van der Waals surface area contributed by atoms with Crippen molar-refractivity contribution in [2.75, 3.05) is 20.3 Å². The zero-order valence-electron chi connectivity index (χ0n) is 16.5. The van der Waals surface area contributed by atoms with Gasteiger partial charge in [-0.1, -0.05) is 12.1 Å². The summed E-state index contributed by atoms with van der Waals surface area (Å²) < 4.78 is 10.1. The minimum Gasteiger partial charge on any atom is -0.497 e. The maximum atomic E-state index is 12.4. The lowest BCUT2D eigenvalue weighted by molar-refractivity contribution is -0.120. The molecule has 2 aromatic rings. The van der Waals surface area contributed by atoms with Crippen molar-refractivity contribution in [1.82, 2.24) is 15.6 Å². The number of amides is 2. The van der Waals surface area contributed by atoms with E-state index in [-0.39, 0.29) is 24.8 Å². The molecule has 0 saturated heterocycles. The summed E-state index contributed by atoms with van der Waals surface area (Å²) in [6.45, 7) is 5.48. The molecule has 2 amide bonds. The Morgan fingerprint density at radius 1 is 1.07 bits per heavy atom. The summed E-state index contributed by atoms with van der Waals surface area (Å²) in [5.41, 5.74) is 2.53. The standard InChI is InChI=1S/C20H25N3O5/c1-5-28-20(26)17-12(2)18(23-13(17)3)19(25)22-11-16(24)21-10-14-6-8-15(27-4)9-7-14/h6-9,23H,5,10-11H2,1-4H3,(H,21,24)(H,22,25). The number of benzene rings is 1. The number of H-pyrrole nitrogens is 1. The Bertz CT molecular complexity index is 855. The van der Waals surface area contributed by atoms with Crippen LogP contribution in [0.1, 0.15) is 44.6 Å². The van der Waals surface area contributed by atoms with Crippen LogP contribution in [0.2, 0.25) is 0 Å². The van der Waals surface area contributed by atoms with Crippen LogP contribution in [0, 0.1) is 13.8 Å². The fourth-order valence-corrected chi connectivity index (χ4v) is 2.74. The second kappa shape index (κ2) is 9.59. The Kier molecular flexibility index (Phi) is 7.20. The summed E-state index contributed by atoms with van der Waals surface area (Å²) in [6, 6.07) is 7.31. The fourth-order valence-electron chi connectivity index (χ4n) is 2.74. The molecular weight excluding hydrogens is 362 g/mol. The lowest BCUT2D eigenvalue weighted by Gasteiger charge is -2.08. The molecule has 150 valence electrons. The van der Waals surface area contributed by atoms with E-state index in [9.17, 15) is 14.4 Å². The molecule has 2 rings (SSSR count). The molecule has 0 aliphatic rings. The quantitative estimate of drug-likeness (QED) is 0.599. The smallest absolute Gasteiger partial charge is 0.340 e. The third-order valence-electron chi connectivity index (χ3n) is 4.20. The van der Waals surface area contributed by atoms with E-state index in [1.165, 1.54) is 0 Å². The summed E-state index contributed by atoms with van der Waals surface area (Å²) in [7, 11) is 1.59. The topological polar surface area (TPSA) is 110 Å². The van der Waals surface area contributed by atoms with Crippen LogP contribution < -0.4 is 15.4 Å². The van der Waals surface area contributed by atoms with E-state index in [0.717, 1.165) is 11.3 Å². The van der Waals surface area contributed by atoms with Gasteiger partial charge in [-0.2, -0.15) is 0 Å². The normalized spacial score (nSPS) is 10.3. The summed E-state index contributed by atoms with van der Waals surface area (Å²) in [5.74, 6) is -0.530. The van der Waals surface area contributed by atoms with Crippen molar-refractivity contribution in [3.63, 3.8) is 0 Å². The van der Waals surface area contributed by atoms with Crippen molar-refractivity contribution >= 4 is 17.8 Å². The fraction of sp³-hybridized carbons (Fsp3) is 0.350. The molecule has 1 aromatic heterocycles. The van der Waals surface area contributed by atoms with Crippen molar-refractivity contribution < 1.29 is 23.9 Å². The first kappa shape index (κ1) is 21.0. The van der Waals surface area contributed by atoms with Gasteiger partial charge in [0.1, 0.15) is 11.4 Å². The average Bonchev–Trinajstić information content (AvgIpc) is 2.99. The molecule has 0 atom stereocenters. The first-order chi connectivity index (χ1) is 13.4. The molecule has 0 aliphatic heterocycles. The molecule has 1 aromatic carbocycles. The van der Waals surface area contributed by atoms with Crippen LogP contribution in [0.5, 0.6) is 5.75 Å². The number of rotatable bonds is 8. The van der Waals surface area contributed by atoms with Gasteiger partial charge in [0.05, 0.1) is 25.8 Å². The molecule has 8 nitrogen and oxygen atoms in total. The van der Waals surface area contributed by atoms with E-state index >= 15 is 0 Å². The molecule has 0 bridgehead atoms. The molecule has 0 fully saturated rings. The highest BCUT2D eigenvalue weighted by Crippen LogP contribution is 2.19. The maximum Gasteiger partial charge on any atom is 0.340 e. The van der Waals surface area contributed by atoms with Crippen molar-refractivity contribution in [2.45, 2.75) is 27.3 Å². The summed E-state index contributed by atoms with van der Waals surface area (Å²) >= 11 is 0. The lowest BCUT2D eigenvalue weighted by Crippen LogP contribution is -2.37. The van der Waals surface area contributed by atoms with Crippen molar-refractivity contribution in [2.24, 2.45) is 0 Å². The van der Waals surface area contributed by atoms with Crippen molar-refractivity contribution in [3.05, 3.63) is 52.3 Å². The van der Waals surface area contributed by atoms with E-state index < -0.39 is 11.9 Å². The van der Waals surface area contributed by atoms with E-state index in [1.807, 2.05) is 12.1 Å². The van der Waals surface area contributed by atoms with Gasteiger partial charge >= 0.3 is 5.97 Å². The predicted molar refractivity (Wildman–Crippen MR) is 103 cm³/mol. The van der Waals surface area contributed by atoms with Gasteiger partial charge < -0.3 is 25.1 Å². The van der Waals surface area contributed by atoms with Crippen LogP contribution in [0.25, 0.3) is 0 Å². The molecule has 0 aliphatic carbocycles. The SMILES string of the molecule is CCOC(=O)c1c(C)[nH]c(C(=O)NCC(=O)NCc2ccc(OC)cc2)c1C. The van der Waals surface area contributed by atoms with E-state index in [2.05, 4.69) is 15.6 Å². The number of nitrogens with one attached hydrogen (secondary N) is 3. The van der Waals surface area contributed by atoms with Gasteiger partial charge in [-0.15, -0.1) is 0 Å². The number of methoxy groups -OCH3 is 1. The third-order valence-corrected chi connectivity index (χ3v) is 4.20. The minimum absolute atomic E-state index is 0.179. The molecule has 0 saturated carbocycles.